The Morgan fingerprint density at radius 2 is 2.29 bits per heavy atom. The van der Waals surface area contributed by atoms with Crippen LogP contribution in [0.5, 0.6) is 0 Å². The molecule has 0 aliphatic carbocycles. The molecule has 0 saturated carbocycles. The smallest absolute Gasteiger partial charge is 0.124 e. The largest absolute Gasteiger partial charge is 0.271 e. The minimum Gasteiger partial charge on any atom is -0.271 e. The highest BCUT2D eigenvalue weighted by atomic mass is 79.9. The molecular formula is C10H11BrFN5. The van der Waals surface area contributed by atoms with E-state index in [1.54, 1.807) is 6.20 Å². The average molecular weight is 300 g/mol. The van der Waals surface area contributed by atoms with E-state index in [1.807, 2.05) is 6.07 Å². The number of nitrogens with one attached hydrogen (secondary N) is 2. The van der Waals surface area contributed by atoms with Gasteiger partial charge >= 0.3 is 0 Å². The van der Waals surface area contributed by atoms with Crippen molar-refractivity contribution in [3.63, 3.8) is 0 Å². The molecule has 1 aromatic carbocycles. The van der Waals surface area contributed by atoms with E-state index in [4.69, 9.17) is 5.84 Å². The lowest BCUT2D eigenvalue weighted by Gasteiger charge is -2.13. The number of H-pyrrole nitrogens is 1. The summed E-state index contributed by atoms with van der Waals surface area (Å²) in [5, 5.41) is 10.2. The van der Waals surface area contributed by atoms with Gasteiger partial charge in [-0.3, -0.25) is 11.3 Å². The van der Waals surface area contributed by atoms with Crippen LogP contribution in [0.4, 0.5) is 4.39 Å². The van der Waals surface area contributed by atoms with Gasteiger partial charge in [0.15, 0.2) is 0 Å². The van der Waals surface area contributed by atoms with Gasteiger partial charge in [-0.1, -0.05) is 15.9 Å². The van der Waals surface area contributed by atoms with Crippen LogP contribution in [0.2, 0.25) is 0 Å². The molecule has 0 bridgehead atoms. The van der Waals surface area contributed by atoms with Crippen molar-refractivity contribution < 1.29 is 4.39 Å². The number of nitrogens with two attached hydrogens (primary N) is 1. The Bertz CT molecular complexity index is 467. The third-order valence-corrected chi connectivity index (χ3v) is 2.81. The van der Waals surface area contributed by atoms with Gasteiger partial charge < -0.3 is 0 Å². The van der Waals surface area contributed by atoms with E-state index in [-0.39, 0.29) is 11.9 Å². The van der Waals surface area contributed by atoms with Crippen LogP contribution in [0.3, 0.4) is 0 Å². The highest BCUT2D eigenvalue weighted by Crippen LogP contribution is 2.20. The number of rotatable bonds is 4. The number of aromatic amines is 1. The van der Waals surface area contributed by atoms with Crippen LogP contribution in [-0.2, 0) is 6.42 Å². The zero-order chi connectivity index (χ0) is 12.3. The second kappa shape index (κ2) is 5.35. The topological polar surface area (TPSA) is 79.6 Å². The standard InChI is InChI=1S/C10H11BrFN5/c11-7-1-6(2-8(12)4-7)3-9(15-13)10-5-14-17-16-10/h1-2,4-5,9,15H,3,13H2,(H,14,16,17). The fourth-order valence-electron chi connectivity index (χ4n) is 1.59. The van der Waals surface area contributed by atoms with Crippen LogP contribution in [-0.4, -0.2) is 15.4 Å². The third kappa shape index (κ3) is 3.09. The van der Waals surface area contributed by atoms with Crippen molar-refractivity contribution in [1.82, 2.24) is 20.8 Å². The zero-order valence-electron chi connectivity index (χ0n) is 8.82. The van der Waals surface area contributed by atoms with Gasteiger partial charge in [0, 0.05) is 4.47 Å². The Morgan fingerprint density at radius 3 is 2.88 bits per heavy atom. The minimum absolute atomic E-state index is 0.206. The van der Waals surface area contributed by atoms with Crippen molar-refractivity contribution in [1.29, 1.82) is 0 Å². The maximum atomic E-state index is 13.2. The highest BCUT2D eigenvalue weighted by molar-refractivity contribution is 9.10. The normalized spacial score (nSPS) is 12.6. The summed E-state index contributed by atoms with van der Waals surface area (Å²) in [6.45, 7) is 0. The van der Waals surface area contributed by atoms with Crippen molar-refractivity contribution in [2.45, 2.75) is 12.5 Å². The summed E-state index contributed by atoms with van der Waals surface area (Å²) in [6.07, 6.45) is 2.11. The van der Waals surface area contributed by atoms with Crippen molar-refractivity contribution >= 4 is 15.9 Å². The first kappa shape index (κ1) is 12.2. The maximum absolute atomic E-state index is 13.2. The molecule has 0 aliphatic heterocycles. The molecule has 17 heavy (non-hydrogen) atoms. The minimum atomic E-state index is -0.287. The van der Waals surface area contributed by atoms with Crippen molar-refractivity contribution in [3.8, 4) is 0 Å². The summed E-state index contributed by atoms with van der Waals surface area (Å²) in [5.41, 5.74) is 4.14. The molecule has 0 fully saturated rings. The summed E-state index contributed by atoms with van der Waals surface area (Å²) >= 11 is 3.25. The van der Waals surface area contributed by atoms with Gasteiger partial charge in [-0.05, 0) is 30.2 Å². The first-order chi connectivity index (χ1) is 8.19. The van der Waals surface area contributed by atoms with Gasteiger partial charge in [0.25, 0.3) is 0 Å². The Balaban J connectivity index is 2.18. The van der Waals surface area contributed by atoms with Crippen LogP contribution in [0, 0.1) is 5.82 Å². The van der Waals surface area contributed by atoms with E-state index in [2.05, 4.69) is 36.8 Å². The Morgan fingerprint density at radius 1 is 1.47 bits per heavy atom. The monoisotopic (exact) mass is 299 g/mol. The lowest BCUT2D eigenvalue weighted by Crippen LogP contribution is -2.29. The molecular weight excluding hydrogens is 289 g/mol. The lowest BCUT2D eigenvalue weighted by molar-refractivity contribution is 0.534. The fraction of sp³-hybridized carbons (Fsp3) is 0.200. The van der Waals surface area contributed by atoms with Gasteiger partial charge in [0.1, 0.15) is 11.5 Å². The summed E-state index contributed by atoms with van der Waals surface area (Å²) in [6, 6.07) is 4.51. The molecule has 1 heterocycles. The quantitative estimate of drug-likeness (QED) is 0.590. The van der Waals surface area contributed by atoms with Crippen LogP contribution < -0.4 is 11.3 Å². The molecule has 0 radical (unpaired) electrons. The van der Waals surface area contributed by atoms with Crippen LogP contribution in [0.1, 0.15) is 17.3 Å². The molecule has 4 N–H and O–H groups in total. The summed E-state index contributed by atoms with van der Waals surface area (Å²) in [7, 11) is 0. The second-order valence-corrected chi connectivity index (χ2v) is 4.51. The molecule has 7 heteroatoms. The number of nitrogens with zero attached hydrogens (tertiary/aromatic N) is 2. The number of halogens is 2. The maximum Gasteiger partial charge on any atom is 0.124 e. The summed E-state index contributed by atoms with van der Waals surface area (Å²) in [4.78, 5) is 0. The van der Waals surface area contributed by atoms with E-state index in [0.29, 0.717) is 16.6 Å². The summed E-state index contributed by atoms with van der Waals surface area (Å²) in [5.74, 6) is 5.16. The molecule has 0 aliphatic rings. The number of hydrogen-bond acceptors (Lipinski definition) is 4. The van der Waals surface area contributed by atoms with Crippen molar-refractivity contribution in [2.24, 2.45) is 5.84 Å². The van der Waals surface area contributed by atoms with E-state index < -0.39 is 0 Å². The number of hydrogen-bond donors (Lipinski definition) is 3. The van der Waals surface area contributed by atoms with E-state index >= 15 is 0 Å². The Kier molecular flexibility index (Phi) is 3.82. The van der Waals surface area contributed by atoms with Crippen LogP contribution in [0.15, 0.2) is 28.9 Å². The third-order valence-electron chi connectivity index (χ3n) is 2.35. The number of benzene rings is 1. The second-order valence-electron chi connectivity index (χ2n) is 3.60. The van der Waals surface area contributed by atoms with E-state index in [1.165, 1.54) is 12.1 Å². The first-order valence-corrected chi connectivity index (χ1v) is 5.75. The van der Waals surface area contributed by atoms with Gasteiger partial charge in [0.05, 0.1) is 12.2 Å². The van der Waals surface area contributed by atoms with Crippen LogP contribution >= 0.6 is 15.9 Å². The van der Waals surface area contributed by atoms with Gasteiger partial charge in [-0.15, -0.1) is 0 Å². The zero-order valence-corrected chi connectivity index (χ0v) is 10.4. The highest BCUT2D eigenvalue weighted by Gasteiger charge is 2.14. The lowest BCUT2D eigenvalue weighted by atomic mass is 10.0. The molecule has 2 aromatic rings. The van der Waals surface area contributed by atoms with E-state index in [0.717, 1.165) is 5.56 Å². The number of aromatic nitrogens is 3. The van der Waals surface area contributed by atoms with Gasteiger partial charge in [0.2, 0.25) is 0 Å². The molecule has 1 unspecified atom stereocenters. The Hall–Kier alpha value is -1.31. The molecule has 0 spiro atoms. The number of hydrazine groups is 1. The Labute approximate surface area is 106 Å². The van der Waals surface area contributed by atoms with Crippen molar-refractivity contribution in [2.75, 3.05) is 0 Å². The molecule has 1 aromatic heterocycles. The van der Waals surface area contributed by atoms with Crippen molar-refractivity contribution in [3.05, 3.63) is 45.9 Å². The average Bonchev–Trinajstić information content (AvgIpc) is 2.77. The molecule has 2 rings (SSSR count). The first-order valence-electron chi connectivity index (χ1n) is 4.96. The predicted octanol–water partition coefficient (Wildman–Crippen LogP) is 1.45. The van der Waals surface area contributed by atoms with Gasteiger partial charge in [-0.2, -0.15) is 15.4 Å². The van der Waals surface area contributed by atoms with Gasteiger partial charge in [-0.25, -0.2) is 4.39 Å². The fourth-order valence-corrected chi connectivity index (χ4v) is 2.10. The molecule has 0 saturated heterocycles. The van der Waals surface area contributed by atoms with Crippen LogP contribution in [0.25, 0.3) is 0 Å². The van der Waals surface area contributed by atoms with E-state index in [9.17, 15) is 4.39 Å². The predicted molar refractivity (Wildman–Crippen MR) is 64.3 cm³/mol. The molecule has 0 amide bonds. The molecule has 90 valence electrons. The molecule has 5 nitrogen and oxygen atoms in total. The SMILES string of the molecule is NNC(Cc1cc(F)cc(Br)c1)c1cn[nH]n1. The summed E-state index contributed by atoms with van der Waals surface area (Å²) < 4.78 is 13.9. The molecule has 1 atom stereocenters.